The lowest BCUT2D eigenvalue weighted by molar-refractivity contribution is -0.127. The summed E-state index contributed by atoms with van der Waals surface area (Å²) in [5.41, 5.74) is 0. The number of aryl methyl sites for hydroxylation is 1. The molecule has 1 amide bonds. The van der Waals surface area contributed by atoms with Gasteiger partial charge in [0, 0.05) is 43.0 Å². The number of nitrogens with one attached hydrogen (secondary N) is 2. The number of amides is 1. The first-order valence-electron chi connectivity index (χ1n) is 7.70. The molecule has 130 valence electrons. The van der Waals surface area contributed by atoms with Crippen molar-refractivity contribution in [2.24, 2.45) is 4.99 Å². The average molecular weight is 366 g/mol. The van der Waals surface area contributed by atoms with Crippen LogP contribution in [-0.4, -0.2) is 48.9 Å². The van der Waals surface area contributed by atoms with Crippen LogP contribution in [0.15, 0.2) is 28.7 Å². The lowest BCUT2D eigenvalue weighted by atomic mass is 10.4. The minimum Gasteiger partial charge on any atom is -0.356 e. The molecule has 0 saturated heterocycles. The fourth-order valence-corrected chi connectivity index (χ4v) is 3.28. The smallest absolute Gasteiger partial charge is 0.243 e. The molecule has 0 aliphatic rings. The SMILES string of the molecule is Cc1cnc(CCNC(=NCC(=O)N(C)C)NCc2cccs2)s1. The fraction of sp³-hybridized carbons (Fsp3) is 0.438. The molecule has 0 spiro atoms. The minimum atomic E-state index is -0.0252. The van der Waals surface area contributed by atoms with Gasteiger partial charge in [-0.1, -0.05) is 6.07 Å². The second-order valence-electron chi connectivity index (χ2n) is 5.43. The molecular formula is C16H23N5OS2. The quantitative estimate of drug-likeness (QED) is 0.581. The second kappa shape index (κ2) is 9.39. The highest BCUT2D eigenvalue weighted by molar-refractivity contribution is 7.11. The Morgan fingerprint density at radius 1 is 1.38 bits per heavy atom. The van der Waals surface area contributed by atoms with Crippen LogP contribution in [0.2, 0.25) is 0 Å². The Balaban J connectivity index is 1.87. The van der Waals surface area contributed by atoms with E-state index in [1.807, 2.05) is 17.6 Å². The van der Waals surface area contributed by atoms with Crippen molar-refractivity contribution in [2.75, 3.05) is 27.2 Å². The van der Waals surface area contributed by atoms with Gasteiger partial charge in [0.1, 0.15) is 6.54 Å². The van der Waals surface area contributed by atoms with Crippen LogP contribution in [0.4, 0.5) is 0 Å². The van der Waals surface area contributed by atoms with E-state index in [-0.39, 0.29) is 12.5 Å². The number of hydrogen-bond donors (Lipinski definition) is 2. The predicted molar refractivity (Wildman–Crippen MR) is 101 cm³/mol. The number of thiophene rings is 1. The Hall–Kier alpha value is -1.93. The van der Waals surface area contributed by atoms with Crippen molar-refractivity contribution in [3.8, 4) is 0 Å². The first-order valence-corrected chi connectivity index (χ1v) is 9.40. The molecule has 0 unspecified atom stereocenters. The molecule has 2 N–H and O–H groups in total. The molecule has 6 nitrogen and oxygen atoms in total. The van der Waals surface area contributed by atoms with Crippen molar-refractivity contribution >= 4 is 34.5 Å². The highest BCUT2D eigenvalue weighted by Crippen LogP contribution is 2.11. The summed E-state index contributed by atoms with van der Waals surface area (Å²) < 4.78 is 0. The molecule has 2 aromatic heterocycles. The van der Waals surface area contributed by atoms with Crippen molar-refractivity contribution in [3.05, 3.63) is 38.5 Å². The van der Waals surface area contributed by atoms with E-state index in [0.29, 0.717) is 12.5 Å². The molecule has 2 aromatic rings. The molecule has 0 bridgehead atoms. The van der Waals surface area contributed by atoms with E-state index in [1.165, 1.54) is 9.75 Å². The molecule has 2 heterocycles. The molecule has 0 radical (unpaired) electrons. The van der Waals surface area contributed by atoms with E-state index in [9.17, 15) is 4.79 Å². The third-order valence-corrected chi connectivity index (χ3v) is 5.03. The zero-order valence-corrected chi connectivity index (χ0v) is 15.8. The van der Waals surface area contributed by atoms with Crippen molar-refractivity contribution in [1.29, 1.82) is 0 Å². The van der Waals surface area contributed by atoms with Gasteiger partial charge in [-0.3, -0.25) is 4.79 Å². The molecule has 0 aliphatic carbocycles. The highest BCUT2D eigenvalue weighted by atomic mass is 32.1. The molecule has 2 rings (SSSR count). The predicted octanol–water partition coefficient (Wildman–Crippen LogP) is 1.88. The van der Waals surface area contributed by atoms with Gasteiger partial charge in [-0.2, -0.15) is 0 Å². The lowest BCUT2D eigenvalue weighted by Crippen LogP contribution is -2.39. The van der Waals surface area contributed by atoms with Crippen molar-refractivity contribution in [1.82, 2.24) is 20.5 Å². The number of hydrogen-bond acceptors (Lipinski definition) is 5. The summed E-state index contributed by atoms with van der Waals surface area (Å²) in [6.45, 7) is 3.59. The van der Waals surface area contributed by atoms with E-state index in [0.717, 1.165) is 18.0 Å². The molecule has 0 fully saturated rings. The molecule has 24 heavy (non-hydrogen) atoms. The van der Waals surface area contributed by atoms with Gasteiger partial charge in [0.15, 0.2) is 5.96 Å². The zero-order chi connectivity index (χ0) is 17.4. The summed E-state index contributed by atoms with van der Waals surface area (Å²) >= 11 is 3.39. The third-order valence-electron chi connectivity index (χ3n) is 3.18. The van der Waals surface area contributed by atoms with Gasteiger partial charge in [0.2, 0.25) is 5.91 Å². The van der Waals surface area contributed by atoms with Crippen LogP contribution in [0.3, 0.4) is 0 Å². The number of likely N-dealkylation sites (N-methyl/N-ethyl adjacent to an activating group) is 1. The lowest BCUT2D eigenvalue weighted by Gasteiger charge is -2.13. The number of nitrogens with zero attached hydrogens (tertiary/aromatic N) is 3. The second-order valence-corrected chi connectivity index (χ2v) is 7.78. The normalized spacial score (nSPS) is 11.4. The van der Waals surface area contributed by atoms with E-state index in [1.54, 1.807) is 41.7 Å². The summed E-state index contributed by atoms with van der Waals surface area (Å²) in [5, 5.41) is 9.69. The van der Waals surface area contributed by atoms with Gasteiger partial charge in [-0.05, 0) is 18.4 Å². The number of rotatable bonds is 7. The maximum atomic E-state index is 11.7. The Kier molecular flexibility index (Phi) is 7.20. The van der Waals surface area contributed by atoms with Crippen LogP contribution in [0.1, 0.15) is 14.8 Å². The number of guanidine groups is 1. The maximum absolute atomic E-state index is 11.7. The number of thiazole rings is 1. The van der Waals surface area contributed by atoms with Crippen molar-refractivity contribution in [3.63, 3.8) is 0 Å². The van der Waals surface area contributed by atoms with Gasteiger partial charge in [0.25, 0.3) is 0 Å². The largest absolute Gasteiger partial charge is 0.356 e. The van der Waals surface area contributed by atoms with Crippen LogP contribution < -0.4 is 10.6 Å². The Labute approximate surface area is 150 Å². The van der Waals surface area contributed by atoms with Crippen LogP contribution in [0.5, 0.6) is 0 Å². The summed E-state index contributed by atoms with van der Waals surface area (Å²) in [6, 6.07) is 4.09. The minimum absolute atomic E-state index is 0.0252. The molecule has 0 atom stereocenters. The molecule has 0 aliphatic heterocycles. The monoisotopic (exact) mass is 365 g/mol. The van der Waals surface area contributed by atoms with Crippen molar-refractivity contribution in [2.45, 2.75) is 19.9 Å². The van der Waals surface area contributed by atoms with Crippen LogP contribution in [0.25, 0.3) is 0 Å². The summed E-state index contributed by atoms with van der Waals surface area (Å²) in [7, 11) is 3.46. The fourth-order valence-electron chi connectivity index (χ4n) is 1.85. The number of carbonyl (C=O) groups is 1. The zero-order valence-electron chi connectivity index (χ0n) is 14.2. The average Bonchev–Trinajstić information content (AvgIpc) is 3.20. The summed E-state index contributed by atoms with van der Waals surface area (Å²) in [4.78, 5) is 24.4. The molecule has 8 heteroatoms. The van der Waals surface area contributed by atoms with Crippen LogP contribution in [0, 0.1) is 6.92 Å². The van der Waals surface area contributed by atoms with E-state index >= 15 is 0 Å². The topological polar surface area (TPSA) is 69.6 Å². The number of aliphatic imine (C=N–C) groups is 1. The van der Waals surface area contributed by atoms with Gasteiger partial charge < -0.3 is 15.5 Å². The summed E-state index contributed by atoms with van der Waals surface area (Å²) in [6.07, 6.45) is 2.72. The number of carbonyl (C=O) groups excluding carboxylic acids is 1. The van der Waals surface area contributed by atoms with E-state index < -0.39 is 0 Å². The van der Waals surface area contributed by atoms with Gasteiger partial charge in [-0.25, -0.2) is 9.98 Å². The first kappa shape index (κ1) is 18.4. The van der Waals surface area contributed by atoms with Crippen molar-refractivity contribution < 1.29 is 4.79 Å². The van der Waals surface area contributed by atoms with Crippen LogP contribution in [-0.2, 0) is 17.8 Å². The van der Waals surface area contributed by atoms with Crippen LogP contribution >= 0.6 is 22.7 Å². The van der Waals surface area contributed by atoms with E-state index in [2.05, 4.69) is 33.6 Å². The third kappa shape index (κ3) is 6.29. The highest BCUT2D eigenvalue weighted by Gasteiger charge is 2.06. The Morgan fingerprint density at radius 3 is 2.83 bits per heavy atom. The molecule has 0 aromatic carbocycles. The van der Waals surface area contributed by atoms with Gasteiger partial charge >= 0.3 is 0 Å². The summed E-state index contributed by atoms with van der Waals surface area (Å²) in [5.74, 6) is 0.620. The Morgan fingerprint density at radius 2 is 2.21 bits per heavy atom. The first-order chi connectivity index (χ1) is 11.5. The number of aromatic nitrogens is 1. The molecular weight excluding hydrogens is 342 g/mol. The van der Waals surface area contributed by atoms with E-state index in [4.69, 9.17) is 0 Å². The Bertz CT molecular complexity index is 664. The van der Waals surface area contributed by atoms with Gasteiger partial charge in [-0.15, -0.1) is 22.7 Å². The standard InChI is InChI=1S/C16H23N5OS2/c1-12-9-18-14(24-12)6-7-17-16(20-11-15(22)21(2)3)19-10-13-5-4-8-23-13/h4-5,8-9H,6-7,10-11H2,1-3H3,(H2,17,19,20). The van der Waals surface area contributed by atoms with Gasteiger partial charge in [0.05, 0.1) is 11.6 Å². The maximum Gasteiger partial charge on any atom is 0.243 e. The molecule has 0 saturated carbocycles.